The smallest absolute Gasteiger partial charge is 0.255 e. The van der Waals surface area contributed by atoms with Crippen LogP contribution in [0.4, 0.5) is 0 Å². The average Bonchev–Trinajstić information content (AvgIpc) is 2.94. The summed E-state index contributed by atoms with van der Waals surface area (Å²) in [5.41, 5.74) is 1.75. The average molecular weight is 370 g/mol. The molecule has 2 aromatic rings. The van der Waals surface area contributed by atoms with Crippen molar-refractivity contribution < 1.29 is 13.9 Å². The molecule has 0 aliphatic heterocycles. The Bertz CT molecular complexity index is 808. The van der Waals surface area contributed by atoms with Gasteiger partial charge in [-0.1, -0.05) is 26.0 Å². The van der Waals surface area contributed by atoms with Crippen LogP contribution in [0.1, 0.15) is 53.8 Å². The molecule has 1 aromatic heterocycles. The SMILES string of the molecule is Cc1cc2c(o1)CC(C)(C)CC2NC(=O)c1ccccc1OCCN(C)C. The summed E-state index contributed by atoms with van der Waals surface area (Å²) in [6, 6.07) is 9.42. The second-order valence-corrected chi connectivity index (χ2v) is 8.45. The Labute approximate surface area is 161 Å². The van der Waals surface area contributed by atoms with E-state index in [4.69, 9.17) is 9.15 Å². The van der Waals surface area contributed by atoms with E-state index >= 15 is 0 Å². The molecule has 146 valence electrons. The van der Waals surface area contributed by atoms with Crippen LogP contribution in [-0.2, 0) is 6.42 Å². The zero-order valence-electron chi connectivity index (χ0n) is 17.0. The molecule has 1 atom stereocenters. The topological polar surface area (TPSA) is 54.7 Å². The Kier molecular flexibility index (Phi) is 5.61. The van der Waals surface area contributed by atoms with E-state index in [1.807, 2.05) is 45.3 Å². The van der Waals surface area contributed by atoms with Crippen molar-refractivity contribution in [1.82, 2.24) is 10.2 Å². The molecule has 0 fully saturated rings. The lowest BCUT2D eigenvalue weighted by molar-refractivity contribution is 0.0913. The van der Waals surface area contributed by atoms with Gasteiger partial charge in [0.1, 0.15) is 23.9 Å². The molecule has 1 aliphatic carbocycles. The van der Waals surface area contributed by atoms with Crippen molar-refractivity contribution in [3.05, 3.63) is 53.0 Å². The maximum Gasteiger partial charge on any atom is 0.255 e. The number of nitrogens with one attached hydrogen (secondary N) is 1. The van der Waals surface area contributed by atoms with Crippen LogP contribution in [0.5, 0.6) is 5.75 Å². The monoisotopic (exact) mass is 370 g/mol. The highest BCUT2D eigenvalue weighted by atomic mass is 16.5. The van der Waals surface area contributed by atoms with Gasteiger partial charge in [-0.15, -0.1) is 0 Å². The number of rotatable bonds is 6. The number of hydrogen-bond acceptors (Lipinski definition) is 4. The van der Waals surface area contributed by atoms with Gasteiger partial charge in [0.15, 0.2) is 0 Å². The highest BCUT2D eigenvalue weighted by molar-refractivity contribution is 5.97. The molecule has 1 heterocycles. The number of hydrogen-bond donors (Lipinski definition) is 1. The molecule has 27 heavy (non-hydrogen) atoms. The number of amides is 1. The van der Waals surface area contributed by atoms with Crippen LogP contribution in [0.3, 0.4) is 0 Å². The van der Waals surface area contributed by atoms with Crippen molar-refractivity contribution >= 4 is 5.91 Å². The lowest BCUT2D eigenvalue weighted by Gasteiger charge is -2.34. The molecule has 0 spiro atoms. The number of nitrogens with zero attached hydrogens (tertiary/aromatic N) is 1. The van der Waals surface area contributed by atoms with E-state index in [0.29, 0.717) is 17.9 Å². The van der Waals surface area contributed by atoms with Crippen LogP contribution >= 0.6 is 0 Å². The van der Waals surface area contributed by atoms with Crippen molar-refractivity contribution in [3.63, 3.8) is 0 Å². The first-order chi connectivity index (χ1) is 12.7. The molecule has 0 saturated heterocycles. The van der Waals surface area contributed by atoms with E-state index in [1.165, 1.54) is 0 Å². The number of carbonyl (C=O) groups is 1. The minimum absolute atomic E-state index is 0.0523. The van der Waals surface area contributed by atoms with Crippen LogP contribution < -0.4 is 10.1 Å². The Hall–Kier alpha value is -2.27. The van der Waals surface area contributed by atoms with E-state index in [1.54, 1.807) is 0 Å². The van der Waals surface area contributed by atoms with Gasteiger partial charge in [-0.25, -0.2) is 0 Å². The highest BCUT2D eigenvalue weighted by Gasteiger charge is 2.35. The first kappa shape index (κ1) is 19.5. The number of likely N-dealkylation sites (N-methyl/N-ethyl adjacent to an activating group) is 1. The molecular formula is C22H30N2O3. The molecule has 3 rings (SSSR count). The Balaban J connectivity index is 1.78. The summed E-state index contributed by atoms with van der Waals surface area (Å²) in [6.45, 7) is 7.72. The van der Waals surface area contributed by atoms with Crippen LogP contribution in [0.2, 0.25) is 0 Å². The van der Waals surface area contributed by atoms with Crippen molar-refractivity contribution in [3.8, 4) is 5.75 Å². The largest absolute Gasteiger partial charge is 0.491 e. The predicted octanol–water partition coefficient (Wildman–Crippen LogP) is 3.97. The number of furan rings is 1. The molecule has 1 aliphatic rings. The van der Waals surface area contributed by atoms with E-state index in [0.717, 1.165) is 36.5 Å². The van der Waals surface area contributed by atoms with Crippen molar-refractivity contribution in [1.29, 1.82) is 0 Å². The van der Waals surface area contributed by atoms with Gasteiger partial charge in [-0.2, -0.15) is 0 Å². The minimum atomic E-state index is -0.108. The van der Waals surface area contributed by atoms with Crippen LogP contribution in [0.25, 0.3) is 0 Å². The van der Waals surface area contributed by atoms with Crippen molar-refractivity contribution in [2.45, 2.75) is 39.7 Å². The number of para-hydroxylation sites is 1. The lowest BCUT2D eigenvalue weighted by atomic mass is 9.74. The molecule has 1 unspecified atom stereocenters. The fourth-order valence-corrected chi connectivity index (χ4v) is 3.67. The summed E-state index contributed by atoms with van der Waals surface area (Å²) >= 11 is 0. The van der Waals surface area contributed by atoms with Gasteiger partial charge in [0.2, 0.25) is 0 Å². The highest BCUT2D eigenvalue weighted by Crippen LogP contribution is 2.42. The zero-order valence-corrected chi connectivity index (χ0v) is 17.0. The number of carbonyl (C=O) groups excluding carboxylic acids is 1. The molecule has 1 N–H and O–H groups in total. The van der Waals surface area contributed by atoms with Gasteiger partial charge < -0.3 is 19.4 Å². The van der Waals surface area contributed by atoms with Crippen LogP contribution in [-0.4, -0.2) is 38.1 Å². The molecule has 0 radical (unpaired) electrons. The van der Waals surface area contributed by atoms with E-state index < -0.39 is 0 Å². The van der Waals surface area contributed by atoms with E-state index in [9.17, 15) is 4.79 Å². The number of aryl methyl sites for hydroxylation is 1. The minimum Gasteiger partial charge on any atom is -0.491 e. The first-order valence-electron chi connectivity index (χ1n) is 9.52. The second kappa shape index (κ2) is 7.77. The van der Waals surface area contributed by atoms with E-state index in [2.05, 4.69) is 30.1 Å². The summed E-state index contributed by atoms with van der Waals surface area (Å²) in [6.07, 6.45) is 1.78. The summed E-state index contributed by atoms with van der Waals surface area (Å²) < 4.78 is 11.7. The molecular weight excluding hydrogens is 340 g/mol. The number of benzene rings is 1. The summed E-state index contributed by atoms with van der Waals surface area (Å²) in [4.78, 5) is 15.1. The summed E-state index contributed by atoms with van der Waals surface area (Å²) in [5.74, 6) is 2.40. The van der Waals surface area contributed by atoms with Crippen molar-refractivity contribution in [2.24, 2.45) is 5.41 Å². The standard InChI is InChI=1S/C22H30N2O3/c1-15-12-17-18(13-22(2,3)14-20(17)27-15)23-21(25)16-8-6-7-9-19(16)26-11-10-24(4)5/h6-9,12,18H,10-11,13-14H2,1-5H3,(H,23,25). The van der Waals surface area contributed by atoms with E-state index in [-0.39, 0.29) is 17.4 Å². The Morgan fingerprint density at radius 2 is 2.07 bits per heavy atom. The third-order valence-corrected chi connectivity index (χ3v) is 4.97. The molecule has 0 saturated carbocycles. The molecule has 5 nitrogen and oxygen atoms in total. The van der Waals surface area contributed by atoms with Crippen molar-refractivity contribution in [2.75, 3.05) is 27.2 Å². The Morgan fingerprint density at radius 3 is 2.81 bits per heavy atom. The van der Waals surface area contributed by atoms with Gasteiger partial charge in [0.05, 0.1) is 11.6 Å². The second-order valence-electron chi connectivity index (χ2n) is 8.45. The quantitative estimate of drug-likeness (QED) is 0.836. The normalized spacial score (nSPS) is 18.2. The van der Waals surface area contributed by atoms with Gasteiger partial charge in [0.25, 0.3) is 5.91 Å². The van der Waals surface area contributed by atoms with Gasteiger partial charge in [-0.3, -0.25) is 4.79 Å². The molecule has 0 bridgehead atoms. The molecule has 1 aromatic carbocycles. The van der Waals surface area contributed by atoms with Crippen LogP contribution in [0, 0.1) is 12.3 Å². The molecule has 5 heteroatoms. The van der Waals surface area contributed by atoms with Crippen LogP contribution in [0.15, 0.2) is 34.7 Å². The maximum absolute atomic E-state index is 13.0. The zero-order chi connectivity index (χ0) is 19.6. The third kappa shape index (κ3) is 4.72. The van der Waals surface area contributed by atoms with Gasteiger partial charge >= 0.3 is 0 Å². The van der Waals surface area contributed by atoms with Gasteiger partial charge in [-0.05, 0) is 51.1 Å². The third-order valence-electron chi connectivity index (χ3n) is 4.97. The fourth-order valence-electron chi connectivity index (χ4n) is 3.67. The predicted molar refractivity (Wildman–Crippen MR) is 106 cm³/mol. The molecule has 1 amide bonds. The number of ether oxygens (including phenoxy) is 1. The summed E-state index contributed by atoms with van der Waals surface area (Å²) in [5, 5.41) is 3.21. The maximum atomic E-state index is 13.0. The Morgan fingerprint density at radius 1 is 1.33 bits per heavy atom. The summed E-state index contributed by atoms with van der Waals surface area (Å²) in [7, 11) is 3.99. The van der Waals surface area contributed by atoms with Gasteiger partial charge in [0, 0.05) is 18.5 Å². The number of fused-ring (bicyclic) bond motifs is 1. The lowest BCUT2D eigenvalue weighted by Crippen LogP contribution is -2.36. The first-order valence-corrected chi connectivity index (χ1v) is 9.52. The fraction of sp³-hybridized carbons (Fsp3) is 0.500.